The van der Waals surface area contributed by atoms with Gasteiger partial charge in [0.15, 0.2) is 0 Å². The molecule has 0 bridgehead atoms. The highest BCUT2D eigenvalue weighted by Crippen LogP contribution is 2.51. The Kier molecular flexibility index (Phi) is 9.53. The van der Waals surface area contributed by atoms with Crippen LogP contribution in [0.5, 0.6) is 0 Å². The Bertz CT molecular complexity index is 3800. The zero-order valence-corrected chi connectivity index (χ0v) is 37.6. The molecule has 0 saturated heterocycles. The average Bonchev–Trinajstić information content (AvgIpc) is 3.79. The van der Waals surface area contributed by atoms with Gasteiger partial charge in [0.2, 0.25) is 0 Å². The van der Waals surface area contributed by atoms with E-state index in [9.17, 15) is 0 Å². The standard InChI is InChI=1S/C64H47NS/c1-2-13-46(14-3-1)59-19-10-20-60-62-58-18-9-8-17-55(58)41-61(64(62)66-63(59)60)65(56-33-29-44(30-34-56)49-23-21-42-11-4-6-15-47(42)37-49)57-35-31-45(32-36-57)50-25-26-53-40-54(28-27-52(53)39-50)51-24-22-43-12-5-7-16-48(43)38-51/h4-12,15-41,46H,1-3,13-14H2. The molecule has 0 aliphatic heterocycles. The highest BCUT2D eigenvalue weighted by molar-refractivity contribution is 7.26. The number of rotatable bonds is 7. The lowest BCUT2D eigenvalue weighted by Crippen LogP contribution is -2.10. The lowest BCUT2D eigenvalue weighted by Gasteiger charge is -2.27. The minimum Gasteiger partial charge on any atom is -0.309 e. The van der Waals surface area contributed by atoms with Gasteiger partial charge in [0.25, 0.3) is 0 Å². The molecule has 66 heavy (non-hydrogen) atoms. The molecule has 1 aromatic heterocycles. The molecule has 0 unspecified atom stereocenters. The Balaban J connectivity index is 0.929. The van der Waals surface area contributed by atoms with Gasteiger partial charge in [-0.15, -0.1) is 11.3 Å². The molecule has 1 nitrogen and oxygen atoms in total. The molecule has 0 radical (unpaired) electrons. The highest BCUT2D eigenvalue weighted by atomic mass is 32.1. The number of anilines is 3. The Morgan fingerprint density at radius 2 is 0.773 bits per heavy atom. The van der Waals surface area contributed by atoms with E-state index in [0.717, 1.165) is 11.4 Å². The molecule has 1 saturated carbocycles. The largest absolute Gasteiger partial charge is 0.309 e. The van der Waals surface area contributed by atoms with Crippen molar-refractivity contribution in [2.45, 2.75) is 38.0 Å². The zero-order chi connectivity index (χ0) is 43.6. The van der Waals surface area contributed by atoms with Gasteiger partial charge >= 0.3 is 0 Å². The van der Waals surface area contributed by atoms with E-state index in [1.54, 1.807) is 5.56 Å². The Morgan fingerprint density at radius 1 is 0.333 bits per heavy atom. The van der Waals surface area contributed by atoms with Crippen LogP contribution < -0.4 is 4.90 Å². The predicted octanol–water partition coefficient (Wildman–Crippen LogP) is 19.2. The molecular weight excluding hydrogens is 815 g/mol. The maximum absolute atomic E-state index is 2.51. The SMILES string of the molecule is c1ccc2cc(-c3ccc(N(c4ccc(-c5ccc6cc(-c7ccc8ccccc8c7)ccc6c5)cc4)c4cc5ccccc5c5c4sc4c(C6CCCCC6)cccc45)cc3)ccc2c1. The molecular formula is C64H47NS. The minimum atomic E-state index is 0.623. The van der Waals surface area contributed by atoms with Crippen molar-refractivity contribution >= 4 is 91.7 Å². The van der Waals surface area contributed by atoms with Crippen LogP contribution in [-0.4, -0.2) is 0 Å². The van der Waals surface area contributed by atoms with Crippen molar-refractivity contribution in [2.75, 3.05) is 4.90 Å². The van der Waals surface area contributed by atoms with E-state index in [4.69, 9.17) is 0 Å². The first kappa shape index (κ1) is 38.9. The number of hydrogen-bond donors (Lipinski definition) is 0. The van der Waals surface area contributed by atoms with Crippen LogP contribution in [0.2, 0.25) is 0 Å². The summed E-state index contributed by atoms with van der Waals surface area (Å²) in [6, 6.07) is 81.6. The second kappa shape index (κ2) is 16.2. The van der Waals surface area contributed by atoms with E-state index in [2.05, 4.69) is 223 Å². The summed E-state index contributed by atoms with van der Waals surface area (Å²) in [6.07, 6.45) is 6.57. The minimum absolute atomic E-state index is 0.623. The maximum Gasteiger partial charge on any atom is 0.0646 e. The molecule has 0 amide bonds. The summed E-state index contributed by atoms with van der Waals surface area (Å²) in [5.74, 6) is 0.623. The lowest BCUT2D eigenvalue weighted by atomic mass is 9.83. The van der Waals surface area contributed by atoms with Crippen molar-refractivity contribution in [3.05, 3.63) is 224 Å². The van der Waals surface area contributed by atoms with Crippen LogP contribution in [0.1, 0.15) is 43.6 Å². The third-order valence-corrected chi connectivity index (χ3v) is 15.7. The summed E-state index contributed by atoms with van der Waals surface area (Å²) in [6.45, 7) is 0. The van der Waals surface area contributed by atoms with Crippen molar-refractivity contribution in [1.82, 2.24) is 0 Å². The number of hydrogen-bond acceptors (Lipinski definition) is 2. The zero-order valence-electron chi connectivity index (χ0n) is 36.8. The van der Waals surface area contributed by atoms with Crippen LogP contribution in [0.25, 0.3) is 96.6 Å². The maximum atomic E-state index is 2.51. The molecule has 12 aromatic rings. The smallest absolute Gasteiger partial charge is 0.0646 e. The lowest BCUT2D eigenvalue weighted by molar-refractivity contribution is 0.446. The molecule has 1 heterocycles. The molecule has 0 atom stereocenters. The van der Waals surface area contributed by atoms with Gasteiger partial charge in [-0.2, -0.15) is 0 Å². The molecule has 1 aliphatic rings. The third-order valence-electron chi connectivity index (χ3n) is 14.4. The summed E-state index contributed by atoms with van der Waals surface area (Å²) >= 11 is 2.00. The number of benzene rings is 11. The van der Waals surface area contributed by atoms with E-state index in [1.165, 1.54) is 134 Å². The van der Waals surface area contributed by atoms with Crippen LogP contribution in [0.3, 0.4) is 0 Å². The van der Waals surface area contributed by atoms with Gasteiger partial charge < -0.3 is 4.90 Å². The van der Waals surface area contributed by atoms with E-state index in [-0.39, 0.29) is 0 Å². The molecule has 1 fully saturated rings. The Labute approximate surface area is 389 Å². The molecule has 0 spiro atoms. The first-order valence-electron chi connectivity index (χ1n) is 23.6. The highest BCUT2D eigenvalue weighted by Gasteiger charge is 2.24. The van der Waals surface area contributed by atoms with Crippen molar-refractivity contribution in [2.24, 2.45) is 0 Å². The Hall–Kier alpha value is -7.52. The number of thiophene rings is 1. The van der Waals surface area contributed by atoms with E-state index in [0.29, 0.717) is 5.92 Å². The Morgan fingerprint density at radius 3 is 1.33 bits per heavy atom. The topological polar surface area (TPSA) is 3.24 Å². The van der Waals surface area contributed by atoms with E-state index < -0.39 is 0 Å². The molecule has 11 aromatic carbocycles. The molecule has 13 rings (SSSR count). The molecule has 1 aliphatic carbocycles. The molecule has 314 valence electrons. The summed E-state index contributed by atoms with van der Waals surface area (Å²) < 4.78 is 2.80. The van der Waals surface area contributed by atoms with Crippen LogP contribution in [0.15, 0.2) is 218 Å². The average molecular weight is 862 g/mol. The van der Waals surface area contributed by atoms with E-state index >= 15 is 0 Å². The fourth-order valence-corrected chi connectivity index (χ4v) is 12.3. The summed E-state index contributed by atoms with van der Waals surface area (Å²) in [5.41, 5.74) is 12.4. The van der Waals surface area contributed by atoms with Gasteiger partial charge in [-0.3, -0.25) is 0 Å². The normalized spacial score (nSPS) is 13.4. The third kappa shape index (κ3) is 6.84. The quantitative estimate of drug-likeness (QED) is 0.154. The predicted molar refractivity (Wildman–Crippen MR) is 286 cm³/mol. The second-order valence-corrected chi connectivity index (χ2v) is 19.3. The van der Waals surface area contributed by atoms with Gasteiger partial charge in [0.1, 0.15) is 0 Å². The van der Waals surface area contributed by atoms with Gasteiger partial charge in [0.05, 0.1) is 10.4 Å². The molecule has 2 heteroatoms. The van der Waals surface area contributed by atoms with Crippen molar-refractivity contribution in [3.63, 3.8) is 0 Å². The first-order chi connectivity index (χ1) is 32.7. The van der Waals surface area contributed by atoms with Crippen LogP contribution in [0, 0.1) is 0 Å². The van der Waals surface area contributed by atoms with Crippen molar-refractivity contribution in [3.8, 4) is 33.4 Å². The van der Waals surface area contributed by atoms with Crippen LogP contribution in [0.4, 0.5) is 17.1 Å². The first-order valence-corrected chi connectivity index (χ1v) is 24.4. The van der Waals surface area contributed by atoms with Crippen LogP contribution >= 0.6 is 11.3 Å². The summed E-state index contributed by atoms with van der Waals surface area (Å²) in [4.78, 5) is 2.51. The van der Waals surface area contributed by atoms with Gasteiger partial charge in [0, 0.05) is 26.8 Å². The van der Waals surface area contributed by atoms with Crippen molar-refractivity contribution in [1.29, 1.82) is 0 Å². The van der Waals surface area contributed by atoms with Gasteiger partial charge in [-0.05, 0) is 155 Å². The van der Waals surface area contributed by atoms with Gasteiger partial charge in [-0.1, -0.05) is 183 Å². The second-order valence-electron chi connectivity index (χ2n) is 18.3. The monoisotopic (exact) mass is 861 g/mol. The summed E-state index contributed by atoms with van der Waals surface area (Å²) in [5, 5.41) is 12.9. The molecule has 0 N–H and O–H groups in total. The number of fused-ring (bicyclic) bond motifs is 8. The fourth-order valence-electron chi connectivity index (χ4n) is 10.9. The fraction of sp³-hybridized carbons (Fsp3) is 0.0938. The number of nitrogens with zero attached hydrogens (tertiary/aromatic N) is 1. The van der Waals surface area contributed by atoms with Crippen LogP contribution in [-0.2, 0) is 0 Å². The summed E-state index contributed by atoms with van der Waals surface area (Å²) in [7, 11) is 0. The van der Waals surface area contributed by atoms with Crippen molar-refractivity contribution < 1.29 is 0 Å². The van der Waals surface area contributed by atoms with E-state index in [1.807, 2.05) is 11.3 Å². The van der Waals surface area contributed by atoms with Gasteiger partial charge in [-0.25, -0.2) is 0 Å².